The number of benzene rings is 1. The number of hydrogen-bond acceptors (Lipinski definition) is 3. The molecule has 6 heteroatoms. The van der Waals surface area contributed by atoms with Gasteiger partial charge in [0, 0.05) is 29.2 Å². The van der Waals surface area contributed by atoms with E-state index in [0.29, 0.717) is 5.56 Å². The number of nitrogens with zero attached hydrogens (tertiary/aromatic N) is 2. The molecule has 0 aliphatic rings. The number of rotatable bonds is 3. The van der Waals surface area contributed by atoms with Gasteiger partial charge in [0.15, 0.2) is 5.71 Å². The molecule has 0 aromatic heterocycles. The van der Waals surface area contributed by atoms with E-state index in [1.165, 1.54) is 6.92 Å². The van der Waals surface area contributed by atoms with Gasteiger partial charge in [-0.15, -0.1) is 0 Å². The van der Waals surface area contributed by atoms with Crippen LogP contribution in [0.25, 0.3) is 0 Å². The summed E-state index contributed by atoms with van der Waals surface area (Å²) in [6.45, 7) is 1.24. The number of nitro groups is 1. The molecule has 0 bridgehead atoms. The Hall–Kier alpha value is -1.13. The summed E-state index contributed by atoms with van der Waals surface area (Å²) in [6.07, 6.45) is 0. The summed E-state index contributed by atoms with van der Waals surface area (Å²) in [7, 11) is 0. The number of hydrogen-bond donors (Lipinski definition) is 0. The molecule has 0 spiro atoms. The third-order valence-electron chi connectivity index (χ3n) is 1.91. The zero-order valence-corrected chi connectivity index (χ0v) is 9.37. The van der Waals surface area contributed by atoms with Crippen LogP contribution in [-0.2, 0) is 0 Å². The Bertz CT molecular complexity index is 390. The lowest BCUT2D eigenvalue weighted by Crippen LogP contribution is -2.37. The molecule has 1 atom stereocenters. The predicted octanol–water partition coefficient (Wildman–Crippen LogP) is 2.86. The van der Waals surface area contributed by atoms with Crippen molar-refractivity contribution in [3.63, 3.8) is 0 Å². The van der Waals surface area contributed by atoms with Crippen LogP contribution in [0.2, 0.25) is 0 Å². The maximum Gasteiger partial charge on any atom is 0.335 e. The molecular formula is C9H8Cl2N2O2. The minimum atomic E-state index is -1.82. The molecule has 0 heterocycles. The summed E-state index contributed by atoms with van der Waals surface area (Å²) in [5, 5.41) is 10.7. The second kappa shape index (κ2) is 4.59. The number of alkyl halides is 1. The highest BCUT2D eigenvalue weighted by Gasteiger charge is 2.41. The monoisotopic (exact) mass is 246 g/mol. The van der Waals surface area contributed by atoms with E-state index < -0.39 is 9.92 Å². The zero-order valence-electron chi connectivity index (χ0n) is 7.85. The zero-order chi connectivity index (χ0) is 11.5. The van der Waals surface area contributed by atoms with Crippen LogP contribution >= 0.6 is 23.4 Å². The van der Waals surface area contributed by atoms with Crippen molar-refractivity contribution < 1.29 is 4.92 Å². The Morgan fingerprint density at radius 1 is 1.47 bits per heavy atom. The number of halogens is 2. The lowest BCUT2D eigenvalue weighted by atomic mass is 10.0. The van der Waals surface area contributed by atoms with Gasteiger partial charge in [0.2, 0.25) is 0 Å². The fourth-order valence-corrected chi connectivity index (χ4v) is 1.53. The lowest BCUT2D eigenvalue weighted by Gasteiger charge is -2.14. The lowest BCUT2D eigenvalue weighted by molar-refractivity contribution is -0.516. The minimum absolute atomic E-state index is 0.0245. The molecule has 0 saturated carbocycles. The van der Waals surface area contributed by atoms with E-state index in [4.69, 9.17) is 23.4 Å². The van der Waals surface area contributed by atoms with Crippen molar-refractivity contribution in [2.75, 3.05) is 0 Å². The minimum Gasteiger partial charge on any atom is -0.262 e. The van der Waals surface area contributed by atoms with Crippen LogP contribution in [0.15, 0.2) is 34.8 Å². The Morgan fingerprint density at radius 2 is 2.00 bits per heavy atom. The fourth-order valence-electron chi connectivity index (χ4n) is 1.07. The smallest absolute Gasteiger partial charge is 0.262 e. The van der Waals surface area contributed by atoms with Gasteiger partial charge in [-0.2, -0.15) is 4.51 Å². The highest BCUT2D eigenvalue weighted by molar-refractivity contribution is 6.40. The quantitative estimate of drug-likeness (QED) is 0.271. The molecule has 1 aromatic carbocycles. The van der Waals surface area contributed by atoms with Crippen LogP contribution in [0.1, 0.15) is 12.5 Å². The van der Waals surface area contributed by atoms with Crippen molar-refractivity contribution in [1.29, 1.82) is 0 Å². The van der Waals surface area contributed by atoms with Crippen molar-refractivity contribution in [1.82, 2.24) is 0 Å². The van der Waals surface area contributed by atoms with Crippen LogP contribution in [0.4, 0.5) is 0 Å². The summed E-state index contributed by atoms with van der Waals surface area (Å²) >= 11 is 11.1. The van der Waals surface area contributed by atoms with E-state index in [1.54, 1.807) is 30.3 Å². The summed E-state index contributed by atoms with van der Waals surface area (Å²) < 4.78 is 3.37. The van der Waals surface area contributed by atoms with Crippen LogP contribution in [0.5, 0.6) is 0 Å². The predicted molar refractivity (Wildman–Crippen MR) is 60.1 cm³/mol. The highest BCUT2D eigenvalue weighted by atomic mass is 35.5. The molecular weight excluding hydrogens is 239 g/mol. The Morgan fingerprint density at radius 3 is 2.40 bits per heavy atom. The van der Waals surface area contributed by atoms with Gasteiger partial charge in [0.1, 0.15) is 0 Å². The van der Waals surface area contributed by atoms with E-state index in [9.17, 15) is 10.1 Å². The largest absolute Gasteiger partial charge is 0.335 e. The average molecular weight is 247 g/mol. The maximum absolute atomic E-state index is 10.7. The summed E-state index contributed by atoms with van der Waals surface area (Å²) in [5.41, 5.74) is 0.554. The molecule has 1 rings (SSSR count). The van der Waals surface area contributed by atoms with Crippen LogP contribution < -0.4 is 0 Å². The highest BCUT2D eigenvalue weighted by Crippen LogP contribution is 2.23. The van der Waals surface area contributed by atoms with Gasteiger partial charge in [-0.05, 0) is 11.6 Å². The third-order valence-corrected chi connectivity index (χ3v) is 2.39. The van der Waals surface area contributed by atoms with E-state index in [1.807, 2.05) is 0 Å². The first-order valence-electron chi connectivity index (χ1n) is 4.08. The van der Waals surface area contributed by atoms with Crippen molar-refractivity contribution in [2.24, 2.45) is 4.51 Å². The normalized spacial score (nSPS) is 15.8. The van der Waals surface area contributed by atoms with Crippen LogP contribution in [-0.4, -0.2) is 15.6 Å². The molecule has 0 aliphatic carbocycles. The van der Waals surface area contributed by atoms with E-state index in [0.717, 1.165) is 0 Å². The first-order chi connectivity index (χ1) is 7.00. The molecule has 80 valence electrons. The first kappa shape index (κ1) is 11.9. The molecule has 0 aliphatic heterocycles. The fraction of sp³-hybridized carbons (Fsp3) is 0.222. The Kier molecular flexibility index (Phi) is 3.66. The topological polar surface area (TPSA) is 55.5 Å². The maximum atomic E-state index is 10.7. The SMILES string of the molecule is C[C@@](Cl)(C(=NCl)c1ccccc1)[N+](=O)[O-]. The van der Waals surface area contributed by atoms with E-state index >= 15 is 0 Å². The molecule has 4 nitrogen and oxygen atoms in total. The van der Waals surface area contributed by atoms with Gasteiger partial charge in [0.25, 0.3) is 0 Å². The van der Waals surface area contributed by atoms with Gasteiger partial charge in [-0.3, -0.25) is 10.1 Å². The standard InChI is InChI=1S/C9H8Cl2N2O2/c1-9(10,13(14)15)8(12-11)7-5-3-2-4-6-7/h2-6H,1H3/t9-/m0/s1. The first-order valence-corrected chi connectivity index (χ1v) is 4.80. The van der Waals surface area contributed by atoms with Crippen molar-refractivity contribution >= 4 is 29.1 Å². The summed E-state index contributed by atoms with van der Waals surface area (Å²) in [6, 6.07) is 8.55. The molecule has 1 aromatic rings. The molecule has 15 heavy (non-hydrogen) atoms. The Labute approximate surface area is 96.8 Å². The molecule has 0 saturated heterocycles. The van der Waals surface area contributed by atoms with Gasteiger partial charge < -0.3 is 0 Å². The second-order valence-electron chi connectivity index (χ2n) is 3.01. The van der Waals surface area contributed by atoms with Crippen molar-refractivity contribution in [3.05, 3.63) is 46.0 Å². The van der Waals surface area contributed by atoms with Crippen LogP contribution in [0, 0.1) is 10.1 Å². The van der Waals surface area contributed by atoms with Crippen LogP contribution in [0.3, 0.4) is 0 Å². The second-order valence-corrected chi connectivity index (χ2v) is 3.91. The molecule has 0 N–H and O–H groups in total. The van der Waals surface area contributed by atoms with E-state index in [2.05, 4.69) is 4.51 Å². The summed E-state index contributed by atoms with van der Waals surface area (Å²) in [4.78, 5) is 8.28. The van der Waals surface area contributed by atoms with Gasteiger partial charge in [-0.1, -0.05) is 30.3 Å². The average Bonchev–Trinajstić information content (AvgIpc) is 2.19. The Balaban J connectivity index is 3.18. The van der Waals surface area contributed by atoms with Gasteiger partial charge >= 0.3 is 5.00 Å². The molecule has 0 unspecified atom stereocenters. The van der Waals surface area contributed by atoms with Gasteiger partial charge in [-0.25, -0.2) is 0 Å². The summed E-state index contributed by atoms with van der Waals surface area (Å²) in [5.74, 6) is 0. The van der Waals surface area contributed by atoms with Crippen molar-refractivity contribution in [2.45, 2.75) is 11.9 Å². The molecule has 0 radical (unpaired) electrons. The van der Waals surface area contributed by atoms with Gasteiger partial charge in [0.05, 0.1) is 0 Å². The van der Waals surface area contributed by atoms with Crippen molar-refractivity contribution in [3.8, 4) is 0 Å². The molecule has 0 amide bonds. The molecule has 0 fully saturated rings. The third kappa shape index (κ3) is 2.46. The van der Waals surface area contributed by atoms with E-state index in [-0.39, 0.29) is 5.71 Å².